The van der Waals surface area contributed by atoms with Crippen molar-refractivity contribution in [3.05, 3.63) is 132 Å². The molecule has 0 radical (unpaired) electrons. The molecule has 2 heteroatoms. The van der Waals surface area contributed by atoms with Gasteiger partial charge in [-0.2, -0.15) is 0 Å². The van der Waals surface area contributed by atoms with Gasteiger partial charge in [-0.25, -0.2) is 4.98 Å². The van der Waals surface area contributed by atoms with Crippen molar-refractivity contribution in [1.82, 2.24) is 9.55 Å². The Balaban J connectivity index is 2.04. The van der Waals surface area contributed by atoms with Gasteiger partial charge < -0.3 is 4.57 Å². The van der Waals surface area contributed by atoms with Gasteiger partial charge in [-0.1, -0.05) is 104 Å². The number of benzene rings is 3. The van der Waals surface area contributed by atoms with Crippen molar-refractivity contribution in [2.45, 2.75) is 18.9 Å². The zero-order chi connectivity index (χ0) is 19.2. The van der Waals surface area contributed by atoms with Gasteiger partial charge in [0, 0.05) is 6.20 Å². The molecule has 2 nitrogen and oxygen atoms in total. The van der Waals surface area contributed by atoms with E-state index >= 15 is 0 Å². The fourth-order valence-electron chi connectivity index (χ4n) is 3.83. The van der Waals surface area contributed by atoms with E-state index in [1.807, 2.05) is 6.33 Å². The van der Waals surface area contributed by atoms with Gasteiger partial charge in [-0.15, -0.1) is 0 Å². The molecule has 28 heavy (non-hydrogen) atoms. The zero-order valence-electron chi connectivity index (χ0n) is 16.1. The third kappa shape index (κ3) is 3.18. The van der Waals surface area contributed by atoms with Crippen molar-refractivity contribution in [2.24, 2.45) is 0 Å². The lowest BCUT2D eigenvalue weighted by molar-refractivity contribution is 0.514. The van der Waals surface area contributed by atoms with E-state index in [1.165, 1.54) is 16.7 Å². The van der Waals surface area contributed by atoms with Gasteiger partial charge in [-0.3, -0.25) is 0 Å². The van der Waals surface area contributed by atoms with Crippen molar-refractivity contribution in [3.63, 3.8) is 0 Å². The Morgan fingerprint density at radius 1 is 0.750 bits per heavy atom. The second-order valence-corrected chi connectivity index (χ2v) is 6.82. The van der Waals surface area contributed by atoms with Crippen LogP contribution in [0.25, 0.3) is 6.08 Å². The molecule has 4 rings (SSSR count). The molecule has 0 N–H and O–H groups in total. The van der Waals surface area contributed by atoms with Crippen LogP contribution in [0, 0.1) is 0 Å². The third-order valence-electron chi connectivity index (χ3n) is 5.09. The molecule has 0 saturated heterocycles. The lowest BCUT2D eigenvalue weighted by atomic mass is 9.77. The second kappa shape index (κ2) is 8.10. The Bertz CT molecular complexity index is 935. The molecule has 1 aromatic heterocycles. The van der Waals surface area contributed by atoms with Gasteiger partial charge in [0.2, 0.25) is 0 Å². The third-order valence-corrected chi connectivity index (χ3v) is 5.09. The lowest BCUT2D eigenvalue weighted by Gasteiger charge is -2.37. The minimum absolute atomic E-state index is 0.491. The molecule has 0 aliphatic carbocycles. The Morgan fingerprint density at radius 2 is 1.21 bits per heavy atom. The number of rotatable bonds is 6. The maximum Gasteiger partial charge on any atom is 0.121 e. The summed E-state index contributed by atoms with van der Waals surface area (Å²) in [4.78, 5) is 4.67. The first-order chi connectivity index (χ1) is 13.9. The maximum absolute atomic E-state index is 4.67. The van der Waals surface area contributed by atoms with Crippen molar-refractivity contribution < 1.29 is 0 Å². The topological polar surface area (TPSA) is 17.8 Å². The van der Waals surface area contributed by atoms with Crippen molar-refractivity contribution in [1.29, 1.82) is 0 Å². The summed E-state index contributed by atoms with van der Waals surface area (Å²) in [5, 5.41) is 0. The molecule has 0 unspecified atom stereocenters. The first kappa shape index (κ1) is 18.0. The quantitative estimate of drug-likeness (QED) is 0.375. The summed E-state index contributed by atoms with van der Waals surface area (Å²) in [5.41, 5.74) is 4.09. The highest BCUT2D eigenvalue weighted by atomic mass is 15.1. The molecular weight excluding hydrogens is 340 g/mol. The van der Waals surface area contributed by atoms with Gasteiger partial charge in [-0.05, 0) is 29.2 Å². The first-order valence-corrected chi connectivity index (χ1v) is 9.73. The Labute approximate surface area is 166 Å². The van der Waals surface area contributed by atoms with Crippen LogP contribution in [0.5, 0.6) is 0 Å². The largest absolute Gasteiger partial charge is 0.318 e. The summed E-state index contributed by atoms with van der Waals surface area (Å²) in [7, 11) is 0. The summed E-state index contributed by atoms with van der Waals surface area (Å²) < 4.78 is 2.24. The summed E-state index contributed by atoms with van der Waals surface area (Å²) in [6.07, 6.45) is 9.31. The van der Waals surface area contributed by atoms with Crippen LogP contribution in [-0.4, -0.2) is 9.55 Å². The van der Waals surface area contributed by atoms with Crippen molar-refractivity contribution in [3.8, 4) is 0 Å². The standard InChI is InChI=1S/C26H24N2/c1-2-3-19-25-20-28(21-27-25)26(22-13-7-4-8-14-22,23-15-9-5-10-16-23)24-17-11-6-12-18-24/h3-21H,2H2,1H3/b19-3-. The first-order valence-electron chi connectivity index (χ1n) is 9.73. The van der Waals surface area contributed by atoms with Crippen LogP contribution in [0.3, 0.4) is 0 Å². The predicted octanol–water partition coefficient (Wildman–Crippen LogP) is 6.15. The van der Waals surface area contributed by atoms with Crippen LogP contribution in [0.4, 0.5) is 0 Å². The van der Waals surface area contributed by atoms with Crippen LogP contribution >= 0.6 is 0 Å². The molecule has 0 fully saturated rings. The highest BCUT2D eigenvalue weighted by Crippen LogP contribution is 2.40. The number of allylic oxidation sites excluding steroid dienone is 1. The molecule has 0 spiro atoms. The van der Waals surface area contributed by atoms with E-state index in [2.05, 4.69) is 126 Å². The molecule has 0 atom stereocenters. The summed E-state index contributed by atoms with van der Waals surface area (Å²) >= 11 is 0. The average molecular weight is 364 g/mol. The molecular formula is C26H24N2. The fourth-order valence-corrected chi connectivity index (χ4v) is 3.83. The van der Waals surface area contributed by atoms with Gasteiger partial charge in [0.15, 0.2) is 0 Å². The lowest BCUT2D eigenvalue weighted by Crippen LogP contribution is -2.36. The second-order valence-electron chi connectivity index (χ2n) is 6.82. The Morgan fingerprint density at radius 3 is 1.64 bits per heavy atom. The Kier molecular flexibility index (Phi) is 5.20. The zero-order valence-corrected chi connectivity index (χ0v) is 16.1. The molecule has 0 amide bonds. The van der Waals surface area contributed by atoms with E-state index in [9.17, 15) is 0 Å². The smallest absolute Gasteiger partial charge is 0.121 e. The molecule has 3 aromatic carbocycles. The monoisotopic (exact) mass is 364 g/mol. The van der Waals surface area contributed by atoms with E-state index < -0.39 is 5.54 Å². The number of imidazole rings is 1. The number of hydrogen-bond acceptors (Lipinski definition) is 1. The molecule has 138 valence electrons. The van der Waals surface area contributed by atoms with Crippen molar-refractivity contribution in [2.75, 3.05) is 0 Å². The molecule has 0 aliphatic heterocycles. The normalized spacial score (nSPS) is 11.8. The molecule has 0 saturated carbocycles. The van der Waals surface area contributed by atoms with E-state index in [1.54, 1.807) is 0 Å². The highest BCUT2D eigenvalue weighted by molar-refractivity contribution is 5.52. The summed E-state index contributed by atoms with van der Waals surface area (Å²) in [6.45, 7) is 2.13. The molecule has 4 aromatic rings. The molecule has 0 aliphatic rings. The number of aromatic nitrogens is 2. The average Bonchev–Trinajstić information content (AvgIpc) is 3.24. The SMILES string of the molecule is CC/C=C\c1cn(C(c2ccccc2)(c2ccccc2)c2ccccc2)cn1. The maximum atomic E-state index is 4.67. The van der Waals surface area contributed by atoms with Gasteiger partial charge in [0.1, 0.15) is 5.54 Å². The summed E-state index contributed by atoms with van der Waals surface area (Å²) in [5.74, 6) is 0. The van der Waals surface area contributed by atoms with Crippen molar-refractivity contribution >= 4 is 6.08 Å². The van der Waals surface area contributed by atoms with Gasteiger partial charge in [0.05, 0.1) is 12.0 Å². The van der Waals surface area contributed by atoms with Gasteiger partial charge in [0.25, 0.3) is 0 Å². The van der Waals surface area contributed by atoms with E-state index in [0.717, 1.165) is 12.1 Å². The number of hydrogen-bond donors (Lipinski definition) is 0. The number of nitrogens with zero attached hydrogens (tertiary/aromatic N) is 2. The van der Waals surface area contributed by atoms with E-state index in [4.69, 9.17) is 0 Å². The Hall–Kier alpha value is -3.39. The van der Waals surface area contributed by atoms with E-state index in [0.29, 0.717) is 0 Å². The fraction of sp³-hybridized carbons (Fsp3) is 0.115. The highest BCUT2D eigenvalue weighted by Gasteiger charge is 2.38. The van der Waals surface area contributed by atoms with E-state index in [-0.39, 0.29) is 0 Å². The molecule has 1 heterocycles. The molecule has 0 bridgehead atoms. The minimum Gasteiger partial charge on any atom is -0.318 e. The van der Waals surface area contributed by atoms with Crippen LogP contribution < -0.4 is 0 Å². The van der Waals surface area contributed by atoms with Crippen LogP contribution in [-0.2, 0) is 5.54 Å². The van der Waals surface area contributed by atoms with Crippen LogP contribution in [0.15, 0.2) is 110 Å². The predicted molar refractivity (Wildman–Crippen MR) is 116 cm³/mol. The van der Waals surface area contributed by atoms with Crippen LogP contribution in [0.2, 0.25) is 0 Å². The van der Waals surface area contributed by atoms with Crippen LogP contribution in [0.1, 0.15) is 35.7 Å². The summed E-state index contributed by atoms with van der Waals surface area (Å²) in [6, 6.07) is 32.0. The minimum atomic E-state index is -0.491. The van der Waals surface area contributed by atoms with Gasteiger partial charge >= 0.3 is 0 Å².